The molecular weight excluding hydrogens is 334 g/mol. The van der Waals surface area contributed by atoms with E-state index < -0.39 is 6.16 Å². The van der Waals surface area contributed by atoms with Gasteiger partial charge in [0, 0.05) is 22.7 Å². The van der Waals surface area contributed by atoms with Crippen LogP contribution in [-0.4, -0.2) is 33.3 Å². The minimum absolute atomic E-state index is 0.233. The number of aromatic nitrogens is 3. The summed E-state index contributed by atoms with van der Waals surface area (Å²) in [7, 11) is 1.61. The lowest BCUT2D eigenvalue weighted by atomic mass is 10.1. The van der Waals surface area contributed by atoms with Crippen LogP contribution in [-0.2, 0) is 0 Å². The lowest BCUT2D eigenvalue weighted by Gasteiger charge is -2.09. The Morgan fingerprint density at radius 1 is 1.12 bits per heavy atom. The smallest absolute Gasteiger partial charge is 0.494 e. The van der Waals surface area contributed by atoms with Gasteiger partial charge in [-0.2, -0.15) is 0 Å². The second-order valence-corrected chi connectivity index (χ2v) is 5.80. The second-order valence-electron chi connectivity index (χ2n) is 5.80. The van der Waals surface area contributed by atoms with Crippen molar-refractivity contribution in [2.45, 2.75) is 6.92 Å². The zero-order valence-electron chi connectivity index (χ0n) is 14.1. The van der Waals surface area contributed by atoms with E-state index in [1.165, 1.54) is 0 Å². The van der Waals surface area contributed by atoms with Crippen LogP contribution in [0, 0.1) is 6.92 Å². The minimum Gasteiger partial charge on any atom is -0.494 e. The number of H-pyrrole nitrogens is 1. The van der Waals surface area contributed by atoms with Crippen LogP contribution in [0.25, 0.3) is 33.3 Å². The van der Waals surface area contributed by atoms with E-state index in [0.717, 1.165) is 22.2 Å². The van der Waals surface area contributed by atoms with Gasteiger partial charge in [-0.3, -0.25) is 0 Å². The van der Waals surface area contributed by atoms with Gasteiger partial charge in [0.05, 0.1) is 18.1 Å². The first-order valence-corrected chi connectivity index (χ1v) is 7.90. The molecule has 2 N–H and O–H groups in total. The number of hydrogen-bond donors (Lipinski definition) is 2. The highest BCUT2D eigenvalue weighted by molar-refractivity contribution is 5.97. The van der Waals surface area contributed by atoms with E-state index in [-0.39, 0.29) is 5.75 Å². The molecule has 0 aliphatic rings. The van der Waals surface area contributed by atoms with Crippen molar-refractivity contribution >= 4 is 28.1 Å². The van der Waals surface area contributed by atoms with Crippen LogP contribution in [0.1, 0.15) is 5.69 Å². The number of nitrogens with zero attached hydrogens (tertiary/aromatic N) is 2. The van der Waals surface area contributed by atoms with Crippen LogP contribution in [0.2, 0.25) is 0 Å². The van der Waals surface area contributed by atoms with E-state index in [0.29, 0.717) is 22.6 Å². The van der Waals surface area contributed by atoms with E-state index in [4.69, 9.17) is 14.6 Å². The van der Waals surface area contributed by atoms with Crippen LogP contribution >= 0.6 is 0 Å². The van der Waals surface area contributed by atoms with Crippen LogP contribution in [0.3, 0.4) is 0 Å². The number of nitrogens with one attached hydrogen (secondary N) is 1. The lowest BCUT2D eigenvalue weighted by molar-refractivity contribution is 0.144. The zero-order valence-corrected chi connectivity index (χ0v) is 14.1. The fraction of sp³-hybridized carbons (Fsp3) is 0.105. The maximum atomic E-state index is 10.7. The summed E-state index contributed by atoms with van der Waals surface area (Å²) in [5, 5.41) is 9.66. The monoisotopic (exact) mass is 349 g/mol. The number of carbonyl (C=O) groups is 1. The highest BCUT2D eigenvalue weighted by atomic mass is 16.7. The zero-order chi connectivity index (χ0) is 18.3. The number of aromatic amines is 1. The number of aryl methyl sites for hydroxylation is 1. The van der Waals surface area contributed by atoms with E-state index in [2.05, 4.69) is 15.0 Å². The topological polar surface area (TPSA) is 97.3 Å². The summed E-state index contributed by atoms with van der Waals surface area (Å²) in [5.41, 5.74) is 3.93. The Morgan fingerprint density at radius 2 is 1.96 bits per heavy atom. The van der Waals surface area contributed by atoms with E-state index in [9.17, 15) is 4.79 Å². The lowest BCUT2D eigenvalue weighted by Crippen LogP contribution is -2.02. The van der Waals surface area contributed by atoms with Crippen LogP contribution in [0.15, 0.2) is 42.5 Å². The van der Waals surface area contributed by atoms with Crippen molar-refractivity contribution in [3.05, 3.63) is 48.2 Å². The fourth-order valence-corrected chi connectivity index (χ4v) is 2.94. The number of hydrogen-bond acceptors (Lipinski definition) is 5. The molecule has 2 aromatic heterocycles. The minimum atomic E-state index is -1.35. The molecule has 7 nitrogen and oxygen atoms in total. The van der Waals surface area contributed by atoms with Gasteiger partial charge in [0.25, 0.3) is 0 Å². The van der Waals surface area contributed by atoms with E-state index in [1.54, 1.807) is 25.3 Å². The molecule has 0 bridgehead atoms. The maximum Gasteiger partial charge on any atom is 0.511 e. The Hall–Kier alpha value is -3.61. The van der Waals surface area contributed by atoms with Gasteiger partial charge in [0.1, 0.15) is 22.8 Å². The van der Waals surface area contributed by atoms with Crippen LogP contribution < -0.4 is 9.47 Å². The third kappa shape index (κ3) is 2.69. The largest absolute Gasteiger partial charge is 0.511 e. The van der Waals surface area contributed by atoms with Gasteiger partial charge < -0.3 is 19.6 Å². The first kappa shape index (κ1) is 15.9. The Morgan fingerprint density at radius 3 is 2.73 bits per heavy atom. The fourth-order valence-electron chi connectivity index (χ4n) is 2.94. The van der Waals surface area contributed by atoms with Crippen LogP contribution in [0.5, 0.6) is 11.5 Å². The molecule has 0 radical (unpaired) electrons. The normalized spacial score (nSPS) is 11.0. The highest BCUT2D eigenvalue weighted by Gasteiger charge is 2.14. The van der Waals surface area contributed by atoms with Crippen molar-refractivity contribution < 1.29 is 19.4 Å². The molecule has 0 aliphatic carbocycles. The summed E-state index contributed by atoms with van der Waals surface area (Å²) in [6.45, 7) is 1.93. The Kier molecular flexibility index (Phi) is 3.69. The molecule has 2 heterocycles. The highest BCUT2D eigenvalue weighted by Crippen LogP contribution is 2.33. The molecule has 0 saturated heterocycles. The molecule has 26 heavy (non-hydrogen) atoms. The molecule has 4 aromatic rings. The van der Waals surface area contributed by atoms with Crippen molar-refractivity contribution in [1.29, 1.82) is 0 Å². The van der Waals surface area contributed by atoms with E-state index in [1.807, 2.05) is 31.2 Å². The van der Waals surface area contributed by atoms with Crippen molar-refractivity contribution in [1.82, 2.24) is 15.0 Å². The quantitative estimate of drug-likeness (QED) is 0.426. The third-order valence-electron chi connectivity index (χ3n) is 4.09. The average Bonchev–Trinajstić information content (AvgIpc) is 3.03. The SMILES string of the molecule is COc1ccc(-c2nc3ccc(OC(=O)O)cc3[nH]2)c2ccc(C)nc12. The number of carboxylic acid groups (broad SMARTS) is 1. The Balaban J connectivity index is 1.88. The van der Waals surface area contributed by atoms with Gasteiger partial charge in [0.15, 0.2) is 0 Å². The standard InChI is InChI=1S/C19H15N3O4/c1-10-3-5-12-13(6-8-16(25-2)17(12)20-10)18-21-14-7-4-11(26-19(23)24)9-15(14)22-18/h3-9H,1-2H3,(H,21,22)(H,23,24). The van der Waals surface area contributed by atoms with Crippen molar-refractivity contribution in [2.75, 3.05) is 7.11 Å². The van der Waals surface area contributed by atoms with Gasteiger partial charge in [-0.05, 0) is 37.3 Å². The summed E-state index contributed by atoms with van der Waals surface area (Å²) in [5.74, 6) is 1.59. The predicted octanol–water partition coefficient (Wildman–Crippen LogP) is 4.15. The molecule has 0 unspecified atom stereocenters. The maximum absolute atomic E-state index is 10.7. The van der Waals surface area contributed by atoms with Gasteiger partial charge in [0.2, 0.25) is 0 Å². The Labute approximate surface area is 148 Å². The number of pyridine rings is 1. The third-order valence-corrected chi connectivity index (χ3v) is 4.09. The number of rotatable bonds is 3. The summed E-state index contributed by atoms with van der Waals surface area (Å²) >= 11 is 0. The average molecular weight is 349 g/mol. The predicted molar refractivity (Wildman–Crippen MR) is 96.8 cm³/mol. The number of benzene rings is 2. The van der Waals surface area contributed by atoms with Crippen molar-refractivity contribution in [2.24, 2.45) is 0 Å². The molecule has 4 rings (SSSR count). The molecule has 0 spiro atoms. The number of methoxy groups -OCH3 is 1. The molecule has 0 atom stereocenters. The molecule has 7 heteroatoms. The molecule has 130 valence electrons. The Bertz CT molecular complexity index is 1150. The van der Waals surface area contributed by atoms with Crippen LogP contribution in [0.4, 0.5) is 4.79 Å². The summed E-state index contributed by atoms with van der Waals surface area (Å²) < 4.78 is 10.1. The first-order valence-electron chi connectivity index (χ1n) is 7.90. The number of ether oxygens (including phenoxy) is 2. The number of imidazole rings is 1. The molecule has 0 saturated carbocycles. The molecule has 0 fully saturated rings. The summed E-state index contributed by atoms with van der Waals surface area (Å²) in [6, 6.07) is 12.6. The van der Waals surface area contributed by atoms with Crippen molar-refractivity contribution in [3.8, 4) is 22.9 Å². The van der Waals surface area contributed by atoms with Crippen molar-refractivity contribution in [3.63, 3.8) is 0 Å². The number of fused-ring (bicyclic) bond motifs is 2. The van der Waals surface area contributed by atoms with Gasteiger partial charge >= 0.3 is 6.16 Å². The molecule has 0 aliphatic heterocycles. The van der Waals surface area contributed by atoms with Gasteiger partial charge in [-0.25, -0.2) is 14.8 Å². The molecule has 0 amide bonds. The summed E-state index contributed by atoms with van der Waals surface area (Å²) in [4.78, 5) is 23.1. The molecule has 2 aromatic carbocycles. The van der Waals surface area contributed by atoms with Gasteiger partial charge in [-0.15, -0.1) is 0 Å². The van der Waals surface area contributed by atoms with Gasteiger partial charge in [-0.1, -0.05) is 6.07 Å². The van der Waals surface area contributed by atoms with E-state index >= 15 is 0 Å². The molecular formula is C19H15N3O4. The summed E-state index contributed by atoms with van der Waals surface area (Å²) in [6.07, 6.45) is -1.35. The second kappa shape index (κ2) is 6.03. The first-order chi connectivity index (χ1) is 12.5.